The maximum Gasteiger partial charge on any atom is 0.339 e. The van der Waals surface area contributed by atoms with E-state index in [-0.39, 0.29) is 47.6 Å². The third kappa shape index (κ3) is 5.71. The van der Waals surface area contributed by atoms with Gasteiger partial charge in [0.2, 0.25) is 0 Å². The van der Waals surface area contributed by atoms with Crippen molar-refractivity contribution < 1.29 is 23.8 Å². The fourth-order valence-corrected chi connectivity index (χ4v) is 4.40. The summed E-state index contributed by atoms with van der Waals surface area (Å²) in [7, 11) is 0. The molecule has 1 fully saturated rings. The topological polar surface area (TPSA) is 70.1 Å². The number of hydrogen-bond donors (Lipinski definition) is 1. The Balaban J connectivity index is 1.68. The fraction of sp³-hybridized carbons (Fsp3) is 0.462. The molecular formula is C26H33FN2O4. The Kier molecular flexibility index (Phi) is 7.74. The van der Waals surface area contributed by atoms with Crippen LogP contribution in [0.25, 0.3) is 0 Å². The minimum absolute atomic E-state index is 0.0183. The van der Waals surface area contributed by atoms with Crippen LogP contribution in [0.5, 0.6) is 5.75 Å². The molecule has 2 aromatic rings. The summed E-state index contributed by atoms with van der Waals surface area (Å²) in [6.45, 7) is 11.4. The van der Waals surface area contributed by atoms with Gasteiger partial charge < -0.3 is 14.7 Å². The van der Waals surface area contributed by atoms with E-state index in [2.05, 4.69) is 11.8 Å². The number of halogens is 1. The van der Waals surface area contributed by atoms with Crippen LogP contribution in [-0.4, -0.2) is 58.6 Å². The van der Waals surface area contributed by atoms with Gasteiger partial charge in [-0.25, -0.2) is 9.18 Å². The zero-order chi connectivity index (χ0) is 24.3. The number of carboxylic acid groups (broad SMARTS) is 1. The van der Waals surface area contributed by atoms with Gasteiger partial charge in [-0.1, -0.05) is 38.1 Å². The van der Waals surface area contributed by atoms with E-state index in [0.717, 1.165) is 5.56 Å². The number of nitrogens with zero attached hydrogens (tertiary/aromatic N) is 2. The Morgan fingerprint density at radius 1 is 1.09 bits per heavy atom. The first-order chi connectivity index (χ1) is 15.6. The highest BCUT2D eigenvalue weighted by molar-refractivity contribution is 5.93. The number of hydrogen-bond acceptors (Lipinski definition) is 4. The first-order valence-electron chi connectivity index (χ1n) is 11.4. The highest BCUT2D eigenvalue weighted by Crippen LogP contribution is 2.31. The van der Waals surface area contributed by atoms with Gasteiger partial charge in [-0.3, -0.25) is 9.69 Å². The minimum Gasteiger partial charge on any atom is -0.483 e. The lowest BCUT2D eigenvalue weighted by atomic mass is 9.94. The molecule has 1 saturated heterocycles. The Hall–Kier alpha value is -2.93. The molecule has 3 rings (SSSR count). The van der Waals surface area contributed by atoms with Gasteiger partial charge in [-0.15, -0.1) is 0 Å². The van der Waals surface area contributed by atoms with Crippen LogP contribution in [-0.2, 0) is 11.3 Å². The van der Waals surface area contributed by atoms with Gasteiger partial charge in [0, 0.05) is 31.7 Å². The zero-order valence-electron chi connectivity index (χ0n) is 20.0. The summed E-state index contributed by atoms with van der Waals surface area (Å²) in [4.78, 5) is 29.1. The molecule has 6 nitrogen and oxygen atoms in total. The van der Waals surface area contributed by atoms with Crippen LogP contribution in [0.3, 0.4) is 0 Å². The number of aryl methyl sites for hydroxylation is 1. The monoisotopic (exact) mass is 456 g/mol. The molecule has 1 aliphatic heterocycles. The number of carbonyl (C=O) groups excluding carboxylic acids is 1. The van der Waals surface area contributed by atoms with Crippen molar-refractivity contribution in [3.8, 4) is 5.75 Å². The van der Waals surface area contributed by atoms with E-state index in [1.165, 1.54) is 12.1 Å². The summed E-state index contributed by atoms with van der Waals surface area (Å²) >= 11 is 0. The normalized spacial score (nSPS) is 19.1. The molecular weight excluding hydrogens is 423 g/mol. The maximum atomic E-state index is 13.2. The summed E-state index contributed by atoms with van der Waals surface area (Å²) in [6, 6.07) is 10.2. The van der Waals surface area contributed by atoms with E-state index in [1.807, 2.05) is 32.9 Å². The molecule has 1 aliphatic rings. The molecule has 1 N–H and O–H groups in total. The average molecular weight is 457 g/mol. The second kappa shape index (κ2) is 10.3. The number of carbonyl (C=O) groups is 2. The summed E-state index contributed by atoms with van der Waals surface area (Å²) < 4.78 is 19.0. The van der Waals surface area contributed by atoms with E-state index in [4.69, 9.17) is 4.74 Å². The molecule has 0 bridgehead atoms. The third-order valence-corrected chi connectivity index (χ3v) is 6.30. The minimum atomic E-state index is -1.05. The van der Waals surface area contributed by atoms with Crippen LogP contribution < -0.4 is 4.74 Å². The molecule has 0 aliphatic carbocycles. The molecule has 1 heterocycles. The quantitative estimate of drug-likeness (QED) is 0.666. The van der Waals surface area contributed by atoms with Gasteiger partial charge >= 0.3 is 5.97 Å². The van der Waals surface area contributed by atoms with Gasteiger partial charge in [0.25, 0.3) is 5.91 Å². The number of benzene rings is 2. The first-order valence-corrected chi connectivity index (χ1v) is 11.4. The van der Waals surface area contributed by atoms with E-state index in [0.29, 0.717) is 30.8 Å². The van der Waals surface area contributed by atoms with Crippen LogP contribution in [0.4, 0.5) is 4.39 Å². The molecule has 2 aromatic carbocycles. The van der Waals surface area contributed by atoms with Gasteiger partial charge in [0.05, 0.1) is 0 Å². The lowest BCUT2D eigenvalue weighted by Crippen LogP contribution is -2.58. The highest BCUT2D eigenvalue weighted by atomic mass is 19.1. The third-order valence-electron chi connectivity index (χ3n) is 6.30. The average Bonchev–Trinajstić information content (AvgIpc) is 2.75. The van der Waals surface area contributed by atoms with Crippen molar-refractivity contribution in [1.82, 2.24) is 9.80 Å². The van der Waals surface area contributed by atoms with Gasteiger partial charge in [0.15, 0.2) is 6.61 Å². The zero-order valence-corrected chi connectivity index (χ0v) is 20.0. The van der Waals surface area contributed by atoms with E-state index >= 15 is 0 Å². The van der Waals surface area contributed by atoms with Crippen molar-refractivity contribution in [2.24, 2.45) is 0 Å². The molecule has 0 radical (unpaired) electrons. The summed E-state index contributed by atoms with van der Waals surface area (Å²) in [5.74, 6) is -1.19. The largest absolute Gasteiger partial charge is 0.483 e. The standard InChI is InChI=1S/C26H33FN2O4/c1-16(2)22-11-6-17(3)25(24(22)26(31)32)33-15-23(30)29-13-18(4)28(12-19(29)5)14-20-7-9-21(27)10-8-20/h6-11,16,18-19H,12-15H2,1-5H3,(H,31,32). The fourth-order valence-electron chi connectivity index (χ4n) is 4.40. The Morgan fingerprint density at radius 2 is 1.76 bits per heavy atom. The summed E-state index contributed by atoms with van der Waals surface area (Å²) in [5.41, 5.74) is 2.53. The summed E-state index contributed by atoms with van der Waals surface area (Å²) in [5, 5.41) is 9.77. The van der Waals surface area contributed by atoms with Crippen LogP contribution in [0.1, 0.15) is 60.7 Å². The van der Waals surface area contributed by atoms with Crippen molar-refractivity contribution in [3.05, 3.63) is 64.5 Å². The van der Waals surface area contributed by atoms with Crippen LogP contribution in [0, 0.1) is 12.7 Å². The van der Waals surface area contributed by atoms with E-state index in [9.17, 15) is 19.1 Å². The van der Waals surface area contributed by atoms with Gasteiger partial charge in [-0.05, 0) is 55.5 Å². The Bertz CT molecular complexity index is 1010. The molecule has 7 heteroatoms. The first kappa shape index (κ1) is 24.7. The van der Waals surface area contributed by atoms with Crippen molar-refractivity contribution in [2.75, 3.05) is 19.7 Å². The van der Waals surface area contributed by atoms with Gasteiger partial charge in [0.1, 0.15) is 17.1 Å². The predicted molar refractivity (Wildman–Crippen MR) is 125 cm³/mol. The van der Waals surface area contributed by atoms with Gasteiger partial charge in [-0.2, -0.15) is 0 Å². The SMILES string of the molecule is Cc1ccc(C(C)C)c(C(=O)O)c1OCC(=O)N1CC(C)N(Cc2ccc(F)cc2)CC1C. The molecule has 0 saturated carbocycles. The molecule has 2 atom stereocenters. The number of aromatic carboxylic acids is 1. The van der Waals surface area contributed by atoms with Crippen LogP contribution >= 0.6 is 0 Å². The number of rotatable bonds is 7. The van der Waals surface area contributed by atoms with E-state index < -0.39 is 5.97 Å². The second-order valence-electron chi connectivity index (χ2n) is 9.22. The van der Waals surface area contributed by atoms with Crippen molar-refractivity contribution in [1.29, 1.82) is 0 Å². The van der Waals surface area contributed by atoms with Crippen LogP contribution in [0.2, 0.25) is 0 Å². The number of amides is 1. The molecule has 0 spiro atoms. The maximum absolute atomic E-state index is 13.2. The van der Waals surface area contributed by atoms with Crippen molar-refractivity contribution in [2.45, 2.75) is 59.2 Å². The second-order valence-corrected chi connectivity index (χ2v) is 9.22. The Morgan fingerprint density at radius 3 is 2.36 bits per heavy atom. The lowest BCUT2D eigenvalue weighted by Gasteiger charge is -2.44. The molecule has 0 aromatic heterocycles. The molecule has 33 heavy (non-hydrogen) atoms. The lowest BCUT2D eigenvalue weighted by molar-refractivity contribution is -0.139. The smallest absolute Gasteiger partial charge is 0.339 e. The highest BCUT2D eigenvalue weighted by Gasteiger charge is 2.32. The van der Waals surface area contributed by atoms with Crippen molar-refractivity contribution in [3.63, 3.8) is 0 Å². The summed E-state index contributed by atoms with van der Waals surface area (Å²) in [6.07, 6.45) is 0. The molecule has 1 amide bonds. The van der Waals surface area contributed by atoms with Crippen molar-refractivity contribution >= 4 is 11.9 Å². The predicted octanol–water partition coefficient (Wildman–Crippen LogP) is 4.46. The Labute approximate surface area is 195 Å². The number of carboxylic acids is 1. The number of piperazine rings is 1. The van der Waals surface area contributed by atoms with Crippen LogP contribution in [0.15, 0.2) is 36.4 Å². The molecule has 178 valence electrons. The molecule has 2 unspecified atom stereocenters. The van der Waals surface area contributed by atoms with E-state index in [1.54, 1.807) is 24.0 Å². The number of ether oxygens (including phenoxy) is 1.